The molecule has 0 saturated heterocycles. The molecular weight excluding hydrogens is 423 g/mol. The van der Waals surface area contributed by atoms with Crippen LogP contribution in [0.1, 0.15) is 19.4 Å². The molecule has 0 aliphatic rings. The van der Waals surface area contributed by atoms with Crippen molar-refractivity contribution in [1.29, 1.82) is 5.26 Å². The number of aromatic hydroxyl groups is 1. The topological polar surface area (TPSA) is 73.1 Å². The molecule has 0 aliphatic heterocycles. The molecule has 2 N–H and O–H groups in total. The number of rotatable bonds is 3. The predicted molar refractivity (Wildman–Crippen MR) is 85.4 cm³/mol. The van der Waals surface area contributed by atoms with Crippen molar-refractivity contribution in [1.82, 2.24) is 5.32 Å². The number of amides is 1. The van der Waals surface area contributed by atoms with Crippen LogP contribution in [0.5, 0.6) is 5.75 Å². The van der Waals surface area contributed by atoms with Crippen molar-refractivity contribution in [2.24, 2.45) is 0 Å². The zero-order valence-corrected chi connectivity index (χ0v) is 14.1. The maximum absolute atomic E-state index is 11.8. The first kappa shape index (κ1) is 16.0. The minimum atomic E-state index is -0.406. The van der Waals surface area contributed by atoms with Gasteiger partial charge in [0.15, 0.2) is 0 Å². The fourth-order valence-corrected chi connectivity index (χ4v) is 2.82. The standard InChI is InChI=1S/C13H12BrIN2O2/c1-7(2)17-13(19)9(6-16)3-8-4-10(14)12(18)11(15)5-8/h3-5,7,18H,1-2H3,(H,17,19)/b9-3-. The summed E-state index contributed by atoms with van der Waals surface area (Å²) in [5, 5.41) is 21.3. The lowest BCUT2D eigenvalue weighted by molar-refractivity contribution is -0.117. The van der Waals surface area contributed by atoms with Crippen LogP contribution in [0.3, 0.4) is 0 Å². The van der Waals surface area contributed by atoms with E-state index in [1.807, 2.05) is 42.5 Å². The third kappa shape index (κ3) is 4.51. The molecule has 0 heterocycles. The Morgan fingerprint density at radius 3 is 2.68 bits per heavy atom. The lowest BCUT2D eigenvalue weighted by Crippen LogP contribution is -2.30. The van der Waals surface area contributed by atoms with Crippen molar-refractivity contribution < 1.29 is 9.90 Å². The fourth-order valence-electron chi connectivity index (χ4n) is 1.32. The second kappa shape index (κ2) is 6.91. The first-order chi connectivity index (χ1) is 8.85. The van der Waals surface area contributed by atoms with Gasteiger partial charge in [-0.25, -0.2) is 0 Å². The van der Waals surface area contributed by atoms with Gasteiger partial charge in [-0.05, 0) is 76.1 Å². The number of nitriles is 1. The average molecular weight is 435 g/mol. The Balaban J connectivity index is 3.12. The van der Waals surface area contributed by atoms with Crippen molar-refractivity contribution in [3.8, 4) is 11.8 Å². The van der Waals surface area contributed by atoms with Crippen molar-refractivity contribution in [2.45, 2.75) is 19.9 Å². The summed E-state index contributed by atoms with van der Waals surface area (Å²) in [5.41, 5.74) is 0.701. The van der Waals surface area contributed by atoms with E-state index in [2.05, 4.69) is 21.2 Å². The number of nitrogens with one attached hydrogen (secondary N) is 1. The van der Waals surface area contributed by atoms with Crippen molar-refractivity contribution >= 4 is 50.5 Å². The molecular formula is C13H12BrIN2O2. The second-order valence-electron chi connectivity index (χ2n) is 4.13. The van der Waals surface area contributed by atoms with Gasteiger partial charge in [0, 0.05) is 6.04 Å². The van der Waals surface area contributed by atoms with Gasteiger partial charge < -0.3 is 10.4 Å². The highest BCUT2D eigenvalue weighted by atomic mass is 127. The summed E-state index contributed by atoms with van der Waals surface area (Å²) in [6.45, 7) is 3.65. The monoisotopic (exact) mass is 434 g/mol. The Morgan fingerprint density at radius 1 is 1.58 bits per heavy atom. The number of hydrogen-bond acceptors (Lipinski definition) is 3. The van der Waals surface area contributed by atoms with E-state index in [1.165, 1.54) is 6.08 Å². The van der Waals surface area contributed by atoms with Gasteiger partial charge in [-0.15, -0.1) is 0 Å². The van der Waals surface area contributed by atoms with Gasteiger partial charge in [-0.1, -0.05) is 0 Å². The highest BCUT2D eigenvalue weighted by molar-refractivity contribution is 14.1. The first-order valence-corrected chi connectivity index (χ1v) is 7.33. The van der Waals surface area contributed by atoms with Gasteiger partial charge >= 0.3 is 0 Å². The van der Waals surface area contributed by atoms with E-state index in [-0.39, 0.29) is 17.4 Å². The number of carbonyl (C=O) groups excluding carboxylic acids is 1. The van der Waals surface area contributed by atoms with Gasteiger partial charge in [0.1, 0.15) is 17.4 Å². The largest absolute Gasteiger partial charge is 0.506 e. The van der Waals surface area contributed by atoms with Crippen LogP contribution >= 0.6 is 38.5 Å². The highest BCUT2D eigenvalue weighted by Crippen LogP contribution is 2.31. The lowest BCUT2D eigenvalue weighted by Gasteiger charge is -2.07. The minimum absolute atomic E-state index is 0.0297. The number of nitrogens with zero attached hydrogens (tertiary/aromatic N) is 1. The van der Waals surface area contributed by atoms with Crippen molar-refractivity contribution in [3.63, 3.8) is 0 Å². The zero-order valence-electron chi connectivity index (χ0n) is 10.4. The number of carbonyl (C=O) groups is 1. The van der Waals surface area contributed by atoms with Crippen LogP contribution in [0.25, 0.3) is 6.08 Å². The summed E-state index contributed by atoms with van der Waals surface area (Å²) in [6.07, 6.45) is 1.49. The predicted octanol–water partition coefficient (Wildman–Crippen LogP) is 3.19. The summed E-state index contributed by atoms with van der Waals surface area (Å²) in [6, 6.07) is 5.19. The molecule has 19 heavy (non-hydrogen) atoms. The molecule has 0 saturated carbocycles. The molecule has 0 radical (unpaired) electrons. The molecule has 0 fully saturated rings. The van der Waals surface area contributed by atoms with Crippen molar-refractivity contribution in [2.75, 3.05) is 0 Å². The van der Waals surface area contributed by atoms with E-state index in [0.29, 0.717) is 13.6 Å². The van der Waals surface area contributed by atoms with E-state index in [0.717, 1.165) is 0 Å². The Morgan fingerprint density at radius 2 is 2.21 bits per heavy atom. The fraction of sp³-hybridized carbons (Fsp3) is 0.231. The van der Waals surface area contributed by atoms with Crippen LogP contribution in [-0.2, 0) is 4.79 Å². The quantitative estimate of drug-likeness (QED) is 0.436. The van der Waals surface area contributed by atoms with Gasteiger partial charge in [-0.3, -0.25) is 4.79 Å². The summed E-state index contributed by atoms with van der Waals surface area (Å²) in [7, 11) is 0. The maximum Gasteiger partial charge on any atom is 0.262 e. The number of phenolic OH excluding ortho intramolecular Hbond substituents is 1. The van der Waals surface area contributed by atoms with Crippen LogP contribution < -0.4 is 5.32 Å². The molecule has 1 rings (SSSR count). The lowest BCUT2D eigenvalue weighted by atomic mass is 10.1. The number of phenols is 1. The number of hydrogen-bond donors (Lipinski definition) is 2. The van der Waals surface area contributed by atoms with E-state index >= 15 is 0 Å². The van der Waals surface area contributed by atoms with Crippen LogP contribution in [0.2, 0.25) is 0 Å². The number of halogens is 2. The summed E-state index contributed by atoms with van der Waals surface area (Å²) < 4.78 is 1.16. The normalized spacial score (nSPS) is 11.3. The minimum Gasteiger partial charge on any atom is -0.506 e. The molecule has 0 spiro atoms. The smallest absolute Gasteiger partial charge is 0.262 e. The molecule has 6 heteroatoms. The molecule has 0 atom stereocenters. The van der Waals surface area contributed by atoms with Crippen LogP contribution in [0, 0.1) is 14.9 Å². The molecule has 4 nitrogen and oxygen atoms in total. The summed E-state index contributed by atoms with van der Waals surface area (Å²) in [4.78, 5) is 11.8. The zero-order chi connectivity index (χ0) is 14.6. The Labute approximate surface area is 133 Å². The van der Waals surface area contributed by atoms with E-state index < -0.39 is 5.91 Å². The molecule has 0 bridgehead atoms. The third-order valence-electron chi connectivity index (χ3n) is 2.14. The Kier molecular flexibility index (Phi) is 5.82. The Hall–Kier alpha value is -1.07. The van der Waals surface area contributed by atoms with E-state index in [9.17, 15) is 9.90 Å². The maximum atomic E-state index is 11.8. The molecule has 0 aliphatic carbocycles. The first-order valence-electron chi connectivity index (χ1n) is 5.45. The van der Waals surface area contributed by atoms with E-state index in [1.54, 1.807) is 12.1 Å². The van der Waals surface area contributed by atoms with Crippen LogP contribution in [-0.4, -0.2) is 17.1 Å². The average Bonchev–Trinajstić information content (AvgIpc) is 2.31. The van der Waals surface area contributed by atoms with Gasteiger partial charge in [0.25, 0.3) is 5.91 Å². The molecule has 0 aromatic heterocycles. The van der Waals surface area contributed by atoms with Crippen LogP contribution in [0.4, 0.5) is 0 Å². The molecule has 1 aromatic rings. The number of benzene rings is 1. The Bertz CT molecular complexity index is 553. The summed E-state index contributed by atoms with van der Waals surface area (Å²) in [5.74, 6) is -0.264. The molecule has 1 aromatic carbocycles. The van der Waals surface area contributed by atoms with Crippen molar-refractivity contribution in [3.05, 3.63) is 31.3 Å². The van der Waals surface area contributed by atoms with Gasteiger partial charge in [-0.2, -0.15) is 5.26 Å². The molecule has 0 unspecified atom stereocenters. The van der Waals surface area contributed by atoms with Crippen LogP contribution in [0.15, 0.2) is 22.2 Å². The van der Waals surface area contributed by atoms with Gasteiger partial charge in [0.05, 0.1) is 8.04 Å². The summed E-state index contributed by atoms with van der Waals surface area (Å²) >= 11 is 5.20. The SMILES string of the molecule is CC(C)NC(=O)/C(C#N)=C\c1cc(Br)c(O)c(I)c1. The molecule has 100 valence electrons. The van der Waals surface area contributed by atoms with E-state index in [4.69, 9.17) is 5.26 Å². The van der Waals surface area contributed by atoms with Gasteiger partial charge in [0.2, 0.25) is 0 Å². The second-order valence-corrected chi connectivity index (χ2v) is 6.15. The molecule has 1 amide bonds. The third-order valence-corrected chi connectivity index (χ3v) is 3.56. The highest BCUT2D eigenvalue weighted by Gasteiger charge is 2.11.